The van der Waals surface area contributed by atoms with Crippen molar-refractivity contribution in [2.24, 2.45) is 10.8 Å². The van der Waals surface area contributed by atoms with Gasteiger partial charge in [-0.05, 0) is 165 Å². The highest BCUT2D eigenvalue weighted by Gasteiger charge is 2.31. The van der Waals surface area contributed by atoms with Crippen LogP contribution in [0.2, 0.25) is 0 Å². The minimum Gasteiger partial charge on any atom is -0.461 e. The van der Waals surface area contributed by atoms with Gasteiger partial charge < -0.3 is 44.4 Å². The van der Waals surface area contributed by atoms with Crippen LogP contribution in [-0.2, 0) is 57.2 Å². The van der Waals surface area contributed by atoms with E-state index in [-0.39, 0.29) is 58.6 Å². The van der Waals surface area contributed by atoms with Crippen LogP contribution >= 0.6 is 0 Å². The van der Waals surface area contributed by atoms with E-state index >= 15 is 0 Å². The summed E-state index contributed by atoms with van der Waals surface area (Å²) in [5.41, 5.74) is -1.88. The van der Waals surface area contributed by atoms with Crippen LogP contribution in [0.4, 0.5) is 34.9 Å². The Morgan fingerprint density at radius 2 is 0.558 bits per heavy atom. The predicted octanol–water partition coefficient (Wildman–Crippen LogP) is 11.8. The van der Waals surface area contributed by atoms with Gasteiger partial charge in [-0.2, -0.15) is 15.0 Å². The molecule has 4 rings (SSSR count). The molecule has 18 heteroatoms. The molecule has 0 bridgehead atoms. The Morgan fingerprint density at radius 3 is 0.753 bits per heavy atom. The third kappa shape index (κ3) is 22.9. The van der Waals surface area contributed by atoms with Crippen molar-refractivity contribution in [3.63, 3.8) is 0 Å². The molecule has 0 unspecified atom stereocenters. The number of nitrogens with zero attached hydrogens (tertiary/aromatic N) is 3. The molecule has 0 saturated heterocycles. The summed E-state index contributed by atoms with van der Waals surface area (Å²) in [7, 11) is 0. The highest BCUT2D eigenvalue weighted by Crippen LogP contribution is 2.27. The quantitative estimate of drug-likeness (QED) is 0.0293. The molecule has 0 radical (unpaired) electrons. The van der Waals surface area contributed by atoms with E-state index in [1.807, 2.05) is 41.5 Å². The van der Waals surface area contributed by atoms with Gasteiger partial charge in [0.25, 0.3) is 0 Å². The van der Waals surface area contributed by atoms with Crippen LogP contribution in [0.1, 0.15) is 141 Å². The number of nitrogens with one attached hydrogen (secondary N) is 3. The zero-order valence-corrected chi connectivity index (χ0v) is 47.8. The lowest BCUT2D eigenvalue weighted by Gasteiger charge is -2.23. The smallest absolute Gasteiger partial charge is 0.346 e. The molecular weight excluding hydrogens is 985 g/mol. The van der Waals surface area contributed by atoms with Gasteiger partial charge in [-0.15, -0.1) is 0 Å². The van der Waals surface area contributed by atoms with Gasteiger partial charge in [0.15, 0.2) is 0 Å². The van der Waals surface area contributed by atoms with Crippen LogP contribution in [0.15, 0.2) is 89.5 Å². The Labute approximate surface area is 452 Å². The van der Waals surface area contributed by atoms with Crippen LogP contribution < -0.4 is 16.0 Å². The summed E-state index contributed by atoms with van der Waals surface area (Å²) in [6.45, 7) is 32.0. The van der Waals surface area contributed by atoms with Gasteiger partial charge in [-0.1, -0.05) is 77.9 Å². The molecule has 0 atom stereocenters. The molecule has 0 saturated carbocycles. The summed E-state index contributed by atoms with van der Waals surface area (Å²) in [5.74, 6) is -4.64. The summed E-state index contributed by atoms with van der Waals surface area (Å²) < 4.78 is 33.1. The van der Waals surface area contributed by atoms with Crippen molar-refractivity contribution in [1.29, 1.82) is 0 Å². The predicted molar refractivity (Wildman–Crippen MR) is 297 cm³/mol. The van der Waals surface area contributed by atoms with E-state index < -0.39 is 58.2 Å². The number of hydrogen-bond donors (Lipinski definition) is 3. The van der Waals surface area contributed by atoms with E-state index in [4.69, 9.17) is 28.4 Å². The lowest BCUT2D eigenvalue weighted by atomic mass is 9.98. The summed E-state index contributed by atoms with van der Waals surface area (Å²) in [6.07, 6.45) is 4.21. The van der Waals surface area contributed by atoms with Gasteiger partial charge in [-0.3, -0.25) is 0 Å². The molecule has 77 heavy (non-hydrogen) atoms. The maximum atomic E-state index is 13.3. The molecule has 18 nitrogen and oxygen atoms in total. The van der Waals surface area contributed by atoms with Crippen LogP contribution in [0.5, 0.6) is 0 Å². The van der Waals surface area contributed by atoms with Gasteiger partial charge in [0, 0.05) is 17.1 Å². The Kier molecular flexibility index (Phi) is 19.9. The number of benzene rings is 3. The van der Waals surface area contributed by atoms with Crippen molar-refractivity contribution in [3.05, 3.63) is 106 Å². The number of hydrogen-bond acceptors (Lipinski definition) is 18. The first-order valence-corrected chi connectivity index (χ1v) is 25.1. The van der Waals surface area contributed by atoms with Crippen LogP contribution in [0.3, 0.4) is 0 Å². The highest BCUT2D eigenvalue weighted by atomic mass is 16.6. The number of esters is 6. The van der Waals surface area contributed by atoms with Crippen molar-refractivity contribution < 1.29 is 57.2 Å². The van der Waals surface area contributed by atoms with E-state index in [0.29, 0.717) is 33.8 Å². The number of carbonyl (C=O) groups is 6. The second-order valence-corrected chi connectivity index (χ2v) is 24.5. The van der Waals surface area contributed by atoms with Gasteiger partial charge >= 0.3 is 35.8 Å². The molecular formula is C59H76N6O12. The maximum Gasteiger partial charge on any atom is 0.346 e. The number of anilines is 6. The molecule has 1 heterocycles. The van der Waals surface area contributed by atoms with Gasteiger partial charge in [0.05, 0.1) is 13.2 Å². The second kappa shape index (κ2) is 24.8. The lowest BCUT2D eigenvalue weighted by molar-refractivity contribution is -0.160. The number of ether oxygens (including phenoxy) is 6. The minimum atomic E-state index is -0.869. The first kappa shape index (κ1) is 61.7. The standard InChI is InChI=1S/C59H76N6O12/c1-54(2,3)34-72-45(66)42(46(67)73-35-55(4,5)6)31-36-19-25-39(26-20-36)60-51-63-52(61-40-27-21-37(22-28-40)32-43(47(68)74-56(7,8)9)48(69)75-57(10,11)12)65-53(64-51)62-41-29-23-38(24-30-41)33-44(49(70)76-58(13,14)15)50(71)77-59(16,17)18/h19-33H,34-35H2,1-18H3,(H3,60,61,62,63,64,65). The first-order valence-electron chi connectivity index (χ1n) is 25.1. The third-order valence-electron chi connectivity index (χ3n) is 9.26. The van der Waals surface area contributed by atoms with E-state index in [1.165, 1.54) is 18.2 Å². The maximum absolute atomic E-state index is 13.3. The fourth-order valence-electron chi connectivity index (χ4n) is 6.07. The molecule has 414 valence electrons. The molecule has 0 aliphatic carbocycles. The second-order valence-electron chi connectivity index (χ2n) is 24.5. The molecule has 3 N–H and O–H groups in total. The van der Waals surface area contributed by atoms with Gasteiger partial charge in [0.1, 0.15) is 39.1 Å². The molecule has 0 amide bonds. The van der Waals surface area contributed by atoms with E-state index in [0.717, 1.165) is 0 Å². The first-order chi connectivity index (χ1) is 35.3. The largest absolute Gasteiger partial charge is 0.461 e. The summed E-state index contributed by atoms with van der Waals surface area (Å²) >= 11 is 0. The average Bonchev–Trinajstić information content (AvgIpc) is 3.26. The van der Waals surface area contributed by atoms with Crippen molar-refractivity contribution in [1.82, 2.24) is 15.0 Å². The molecule has 0 spiro atoms. The zero-order valence-electron chi connectivity index (χ0n) is 47.8. The fourth-order valence-corrected chi connectivity index (χ4v) is 6.07. The van der Waals surface area contributed by atoms with Crippen LogP contribution in [0.25, 0.3) is 18.2 Å². The van der Waals surface area contributed by atoms with E-state index in [9.17, 15) is 28.8 Å². The lowest BCUT2D eigenvalue weighted by Crippen LogP contribution is -2.31. The monoisotopic (exact) mass is 1060 g/mol. The number of rotatable bonds is 17. The van der Waals surface area contributed by atoms with E-state index in [1.54, 1.807) is 156 Å². The minimum absolute atomic E-state index is 0.0859. The van der Waals surface area contributed by atoms with Gasteiger partial charge in [-0.25, -0.2) is 28.8 Å². The van der Waals surface area contributed by atoms with Crippen molar-refractivity contribution in [3.8, 4) is 0 Å². The molecule has 0 aliphatic heterocycles. The van der Waals surface area contributed by atoms with Crippen LogP contribution in [-0.4, -0.2) is 86.4 Å². The Bertz CT molecular complexity index is 2640. The molecule has 0 aliphatic rings. The average molecular weight is 1060 g/mol. The fraction of sp³-hybridized carbons (Fsp3) is 0.441. The van der Waals surface area contributed by atoms with Gasteiger partial charge in [0.2, 0.25) is 17.8 Å². The van der Waals surface area contributed by atoms with Crippen LogP contribution in [0, 0.1) is 10.8 Å². The van der Waals surface area contributed by atoms with Crippen molar-refractivity contribution >= 4 is 89.0 Å². The normalized spacial score (nSPS) is 11.9. The summed E-state index contributed by atoms with van der Waals surface area (Å²) in [5, 5.41) is 9.55. The molecule has 4 aromatic rings. The summed E-state index contributed by atoms with van der Waals surface area (Å²) in [6, 6.07) is 20.3. The highest BCUT2D eigenvalue weighted by molar-refractivity contribution is 6.19. The SMILES string of the molecule is CC(C)(C)COC(=O)C(=Cc1ccc(Nc2nc(Nc3ccc(C=C(C(=O)OC(C)(C)C)C(=O)OC(C)(C)C)cc3)nc(Nc3ccc(C=C(C(=O)OC(C)(C)C)C(=O)OC(C)(C)C)cc3)n2)cc1)C(=O)OCC(C)(C)C. The molecule has 0 fully saturated rings. The molecule has 1 aromatic heterocycles. The topological polar surface area (TPSA) is 233 Å². The van der Waals surface area contributed by atoms with Crippen molar-refractivity contribution in [2.45, 2.75) is 147 Å². The summed E-state index contributed by atoms with van der Waals surface area (Å²) in [4.78, 5) is 93.3. The van der Waals surface area contributed by atoms with E-state index in [2.05, 4.69) is 30.9 Å². The van der Waals surface area contributed by atoms with Crippen molar-refractivity contribution in [2.75, 3.05) is 29.2 Å². The third-order valence-corrected chi connectivity index (χ3v) is 9.26. The Morgan fingerprint density at radius 1 is 0.351 bits per heavy atom. The number of carbonyl (C=O) groups excluding carboxylic acids is 6. The Hall–Kier alpha value is -7.89. The zero-order chi connectivity index (χ0) is 57.9. The number of aromatic nitrogens is 3. The molecule has 3 aromatic carbocycles. The Balaban J connectivity index is 1.74.